The molecule has 14 heavy (non-hydrogen) atoms. The SMILES string of the molecule is O=C(CC1CC1)NCC[C@H](O)C(=O)O. The van der Waals surface area contributed by atoms with Crippen molar-refractivity contribution in [2.24, 2.45) is 5.92 Å². The van der Waals surface area contributed by atoms with Gasteiger partial charge in [-0.2, -0.15) is 0 Å². The molecule has 5 heteroatoms. The van der Waals surface area contributed by atoms with Crippen LogP contribution in [-0.2, 0) is 9.59 Å². The van der Waals surface area contributed by atoms with E-state index in [0.29, 0.717) is 12.3 Å². The highest BCUT2D eigenvalue weighted by Crippen LogP contribution is 2.31. The number of carboxylic acids is 1. The molecule has 0 aromatic rings. The summed E-state index contributed by atoms with van der Waals surface area (Å²) in [6, 6.07) is 0. The molecule has 0 saturated heterocycles. The number of carbonyl (C=O) groups is 2. The van der Waals surface area contributed by atoms with Gasteiger partial charge in [0.25, 0.3) is 0 Å². The van der Waals surface area contributed by atoms with Crippen molar-refractivity contribution in [1.82, 2.24) is 5.32 Å². The zero-order valence-electron chi connectivity index (χ0n) is 7.90. The smallest absolute Gasteiger partial charge is 0.332 e. The monoisotopic (exact) mass is 201 g/mol. The first-order valence-corrected chi connectivity index (χ1v) is 4.77. The maximum absolute atomic E-state index is 11.1. The van der Waals surface area contributed by atoms with E-state index in [2.05, 4.69) is 5.32 Å². The summed E-state index contributed by atoms with van der Waals surface area (Å²) in [6.45, 7) is 0.221. The van der Waals surface area contributed by atoms with Gasteiger partial charge in [0, 0.05) is 19.4 Å². The Morgan fingerprint density at radius 3 is 2.57 bits per heavy atom. The third-order valence-electron chi connectivity index (χ3n) is 2.20. The van der Waals surface area contributed by atoms with Gasteiger partial charge < -0.3 is 15.5 Å². The van der Waals surface area contributed by atoms with Crippen molar-refractivity contribution in [2.75, 3.05) is 6.54 Å². The van der Waals surface area contributed by atoms with E-state index in [0.717, 1.165) is 12.8 Å². The normalized spacial score (nSPS) is 17.5. The lowest BCUT2D eigenvalue weighted by atomic mass is 10.2. The summed E-state index contributed by atoms with van der Waals surface area (Å²) in [6.07, 6.45) is 1.45. The van der Waals surface area contributed by atoms with Gasteiger partial charge in [-0.05, 0) is 18.8 Å². The molecule has 0 aliphatic heterocycles. The number of rotatable bonds is 6. The van der Waals surface area contributed by atoms with Gasteiger partial charge in [-0.3, -0.25) is 4.79 Å². The van der Waals surface area contributed by atoms with Crippen LogP contribution < -0.4 is 5.32 Å². The van der Waals surface area contributed by atoms with Crippen LogP contribution in [0.4, 0.5) is 0 Å². The summed E-state index contributed by atoms with van der Waals surface area (Å²) < 4.78 is 0. The molecule has 0 heterocycles. The van der Waals surface area contributed by atoms with Crippen LogP contribution in [0.3, 0.4) is 0 Å². The zero-order chi connectivity index (χ0) is 10.6. The number of aliphatic hydroxyl groups excluding tert-OH is 1. The molecule has 80 valence electrons. The van der Waals surface area contributed by atoms with E-state index < -0.39 is 12.1 Å². The molecule has 1 amide bonds. The molecule has 1 saturated carbocycles. The van der Waals surface area contributed by atoms with Gasteiger partial charge in [-0.1, -0.05) is 0 Å². The molecule has 1 fully saturated rings. The molecule has 0 aromatic carbocycles. The average Bonchev–Trinajstić information content (AvgIpc) is 2.87. The summed E-state index contributed by atoms with van der Waals surface area (Å²) >= 11 is 0. The summed E-state index contributed by atoms with van der Waals surface area (Å²) in [5.74, 6) is -0.772. The van der Waals surface area contributed by atoms with Gasteiger partial charge >= 0.3 is 5.97 Å². The van der Waals surface area contributed by atoms with Gasteiger partial charge in [0.2, 0.25) is 5.91 Å². The quantitative estimate of drug-likeness (QED) is 0.552. The van der Waals surface area contributed by atoms with Gasteiger partial charge in [0.1, 0.15) is 0 Å². The number of nitrogens with one attached hydrogen (secondary N) is 1. The first-order chi connectivity index (χ1) is 6.59. The number of aliphatic carboxylic acids is 1. The molecule has 3 N–H and O–H groups in total. The molecule has 1 atom stereocenters. The second-order valence-electron chi connectivity index (χ2n) is 3.64. The van der Waals surface area contributed by atoms with Crippen molar-refractivity contribution < 1.29 is 19.8 Å². The standard InChI is InChI=1S/C9H15NO4/c11-7(9(13)14)3-4-10-8(12)5-6-1-2-6/h6-7,11H,1-5H2,(H,10,12)(H,13,14)/t7-/m0/s1. The molecule has 0 radical (unpaired) electrons. The minimum atomic E-state index is -1.38. The fraction of sp³-hybridized carbons (Fsp3) is 0.778. The van der Waals surface area contributed by atoms with Crippen molar-refractivity contribution in [2.45, 2.75) is 31.8 Å². The lowest BCUT2D eigenvalue weighted by Gasteiger charge is -2.06. The molecular formula is C9H15NO4. The predicted octanol–water partition coefficient (Wildman–Crippen LogP) is -0.262. The zero-order valence-corrected chi connectivity index (χ0v) is 7.90. The summed E-state index contributed by atoms with van der Waals surface area (Å²) in [7, 11) is 0. The molecule has 0 unspecified atom stereocenters. The highest BCUT2D eigenvalue weighted by molar-refractivity contribution is 5.76. The summed E-state index contributed by atoms with van der Waals surface area (Å²) in [5, 5.41) is 19.8. The number of carbonyl (C=O) groups excluding carboxylic acids is 1. The Bertz CT molecular complexity index is 225. The Hall–Kier alpha value is -1.10. The van der Waals surface area contributed by atoms with E-state index in [-0.39, 0.29) is 18.9 Å². The van der Waals surface area contributed by atoms with Crippen LogP contribution >= 0.6 is 0 Å². The highest BCUT2D eigenvalue weighted by Gasteiger charge is 2.24. The topological polar surface area (TPSA) is 86.6 Å². The number of hydrogen-bond donors (Lipinski definition) is 3. The van der Waals surface area contributed by atoms with Crippen molar-refractivity contribution in [3.05, 3.63) is 0 Å². The summed E-state index contributed by atoms with van der Waals surface area (Å²) in [4.78, 5) is 21.3. The van der Waals surface area contributed by atoms with E-state index in [9.17, 15) is 9.59 Å². The molecule has 1 aliphatic carbocycles. The Balaban J connectivity index is 2.01. The minimum absolute atomic E-state index is 0.0508. The molecule has 1 aliphatic rings. The van der Waals surface area contributed by atoms with Crippen LogP contribution in [0.2, 0.25) is 0 Å². The molecule has 5 nitrogen and oxygen atoms in total. The average molecular weight is 201 g/mol. The van der Waals surface area contributed by atoms with Gasteiger partial charge in [-0.15, -0.1) is 0 Å². The Morgan fingerprint density at radius 2 is 2.07 bits per heavy atom. The predicted molar refractivity (Wildman–Crippen MR) is 48.6 cm³/mol. The third kappa shape index (κ3) is 4.23. The third-order valence-corrected chi connectivity index (χ3v) is 2.20. The first-order valence-electron chi connectivity index (χ1n) is 4.77. The first kappa shape index (κ1) is 11.0. The largest absolute Gasteiger partial charge is 0.479 e. The Kier molecular flexibility index (Phi) is 3.88. The van der Waals surface area contributed by atoms with Crippen LogP contribution in [0.5, 0.6) is 0 Å². The van der Waals surface area contributed by atoms with E-state index in [1.54, 1.807) is 0 Å². The van der Waals surface area contributed by atoms with E-state index in [1.807, 2.05) is 0 Å². The maximum atomic E-state index is 11.1. The van der Waals surface area contributed by atoms with Crippen molar-refractivity contribution in [1.29, 1.82) is 0 Å². The van der Waals surface area contributed by atoms with Gasteiger partial charge in [0.05, 0.1) is 0 Å². The fourth-order valence-corrected chi connectivity index (χ4v) is 1.13. The molecule has 0 bridgehead atoms. The maximum Gasteiger partial charge on any atom is 0.332 e. The van der Waals surface area contributed by atoms with E-state index >= 15 is 0 Å². The number of carboxylic acid groups (broad SMARTS) is 1. The van der Waals surface area contributed by atoms with E-state index in [1.165, 1.54) is 0 Å². The van der Waals surface area contributed by atoms with Gasteiger partial charge in [0.15, 0.2) is 6.10 Å². The van der Waals surface area contributed by atoms with Crippen LogP contribution in [0.25, 0.3) is 0 Å². The number of aliphatic hydroxyl groups is 1. The van der Waals surface area contributed by atoms with Gasteiger partial charge in [-0.25, -0.2) is 4.79 Å². The second-order valence-corrected chi connectivity index (χ2v) is 3.64. The molecule has 1 rings (SSSR count). The highest BCUT2D eigenvalue weighted by atomic mass is 16.4. The summed E-state index contributed by atoms with van der Waals surface area (Å²) in [5.41, 5.74) is 0. The molecular weight excluding hydrogens is 186 g/mol. The Morgan fingerprint density at radius 1 is 1.43 bits per heavy atom. The lowest BCUT2D eigenvalue weighted by molar-refractivity contribution is -0.147. The van der Waals surface area contributed by atoms with Crippen LogP contribution in [-0.4, -0.2) is 34.7 Å². The number of hydrogen-bond acceptors (Lipinski definition) is 3. The molecule has 0 aromatic heterocycles. The number of amides is 1. The van der Waals surface area contributed by atoms with Crippen molar-refractivity contribution in [3.63, 3.8) is 0 Å². The van der Waals surface area contributed by atoms with Crippen LogP contribution in [0, 0.1) is 5.92 Å². The fourth-order valence-electron chi connectivity index (χ4n) is 1.13. The lowest BCUT2D eigenvalue weighted by Crippen LogP contribution is -2.30. The molecule has 0 spiro atoms. The van der Waals surface area contributed by atoms with Crippen LogP contribution in [0.15, 0.2) is 0 Å². The second kappa shape index (κ2) is 4.95. The van der Waals surface area contributed by atoms with Crippen molar-refractivity contribution in [3.8, 4) is 0 Å². The van der Waals surface area contributed by atoms with Crippen LogP contribution in [0.1, 0.15) is 25.7 Å². The minimum Gasteiger partial charge on any atom is -0.479 e. The Labute approximate surface area is 82.1 Å². The van der Waals surface area contributed by atoms with E-state index in [4.69, 9.17) is 10.2 Å². The van der Waals surface area contributed by atoms with Crippen molar-refractivity contribution >= 4 is 11.9 Å².